The molecule has 1 unspecified atom stereocenters. The number of rotatable bonds is 8. The van der Waals surface area contributed by atoms with Gasteiger partial charge in [-0.1, -0.05) is 0 Å². The first-order valence-electron chi connectivity index (χ1n) is 9.09. The van der Waals surface area contributed by atoms with Crippen molar-refractivity contribution in [3.8, 4) is 11.8 Å². The average molecular weight is 450 g/mol. The van der Waals surface area contributed by atoms with E-state index < -0.39 is 42.2 Å². The van der Waals surface area contributed by atoms with Crippen molar-refractivity contribution in [2.45, 2.75) is 45.5 Å². The Bertz CT molecular complexity index is 784. The monoisotopic (exact) mass is 450 g/mol. The molecule has 0 saturated heterocycles. The first-order valence-corrected chi connectivity index (χ1v) is 9.09. The predicted octanol–water partition coefficient (Wildman–Crippen LogP) is 2.44. The fraction of sp³-hybridized carbons (Fsp3) is 0.579. The molecule has 0 aliphatic carbocycles. The van der Waals surface area contributed by atoms with Crippen LogP contribution in [-0.2, 0) is 23.9 Å². The van der Waals surface area contributed by atoms with Crippen LogP contribution in [0.4, 0.5) is 13.2 Å². The minimum Gasteiger partial charge on any atom is -0.481 e. The molecule has 0 fully saturated rings. The lowest BCUT2D eigenvalue weighted by Crippen LogP contribution is -2.49. The van der Waals surface area contributed by atoms with Gasteiger partial charge in [-0.15, -0.1) is 0 Å². The summed E-state index contributed by atoms with van der Waals surface area (Å²) in [6, 6.07) is 0.318. The molecule has 0 saturated carbocycles. The molecule has 1 aromatic heterocycles. The highest BCUT2D eigenvalue weighted by Gasteiger charge is 2.48. The van der Waals surface area contributed by atoms with Gasteiger partial charge in [-0.3, -0.25) is 9.59 Å². The largest absolute Gasteiger partial charge is 0.481 e. The van der Waals surface area contributed by atoms with Crippen molar-refractivity contribution in [1.82, 2.24) is 9.88 Å². The number of pyridine rings is 1. The van der Waals surface area contributed by atoms with E-state index in [1.807, 2.05) is 0 Å². The van der Waals surface area contributed by atoms with Crippen molar-refractivity contribution in [2.24, 2.45) is 0 Å². The van der Waals surface area contributed by atoms with Crippen molar-refractivity contribution < 1.29 is 46.5 Å². The lowest BCUT2D eigenvalue weighted by molar-refractivity contribution is -0.193. The van der Waals surface area contributed by atoms with Gasteiger partial charge in [-0.05, 0) is 33.3 Å². The fourth-order valence-electron chi connectivity index (χ4n) is 2.49. The van der Waals surface area contributed by atoms with Crippen molar-refractivity contribution >= 4 is 17.8 Å². The molecule has 1 aromatic rings. The summed E-state index contributed by atoms with van der Waals surface area (Å²) in [4.78, 5) is 41.1. The van der Waals surface area contributed by atoms with E-state index in [1.54, 1.807) is 0 Å². The number of carbonyl (C=O) groups is 3. The molecule has 0 bridgehead atoms. The Labute approximate surface area is 177 Å². The van der Waals surface area contributed by atoms with E-state index in [0.29, 0.717) is 0 Å². The maximum absolute atomic E-state index is 13.3. The number of alkyl halides is 3. The Balaban J connectivity index is 3.60. The zero-order chi connectivity index (χ0) is 24.0. The highest BCUT2D eigenvalue weighted by atomic mass is 19.4. The molecule has 1 heterocycles. The van der Waals surface area contributed by atoms with E-state index in [9.17, 15) is 27.6 Å². The number of aromatic nitrogens is 1. The maximum Gasteiger partial charge on any atom is 0.471 e. The van der Waals surface area contributed by atoms with Gasteiger partial charge < -0.3 is 23.8 Å². The number of halogens is 3. The summed E-state index contributed by atoms with van der Waals surface area (Å²) >= 11 is 0. The zero-order valence-corrected chi connectivity index (χ0v) is 18.0. The standard InChI is InChI=1S/C19H25F3N2O7/c1-7-30-16(26)15(11-8-12(28-5)23-13(9-11)29-6)24(17(27)19(20,21)22)10-14(25)31-18(2,3)4/h8-9,15H,7,10H2,1-6H3. The van der Waals surface area contributed by atoms with E-state index in [0.717, 1.165) is 12.1 Å². The number of methoxy groups -OCH3 is 2. The Morgan fingerprint density at radius 2 is 1.58 bits per heavy atom. The molecular weight excluding hydrogens is 425 g/mol. The zero-order valence-electron chi connectivity index (χ0n) is 18.0. The van der Waals surface area contributed by atoms with Crippen LogP contribution in [0.2, 0.25) is 0 Å². The van der Waals surface area contributed by atoms with Gasteiger partial charge in [0.1, 0.15) is 12.1 Å². The SMILES string of the molecule is CCOC(=O)C(c1cc(OC)nc(OC)c1)N(CC(=O)OC(C)(C)C)C(=O)C(F)(F)F. The number of esters is 2. The summed E-state index contributed by atoms with van der Waals surface area (Å²) in [5, 5.41) is 0. The molecule has 31 heavy (non-hydrogen) atoms. The quantitative estimate of drug-likeness (QED) is 0.557. The fourth-order valence-corrected chi connectivity index (χ4v) is 2.49. The minimum atomic E-state index is -5.38. The van der Waals surface area contributed by atoms with E-state index in [1.165, 1.54) is 41.9 Å². The smallest absolute Gasteiger partial charge is 0.471 e. The van der Waals surface area contributed by atoms with E-state index in [4.69, 9.17) is 18.9 Å². The topological polar surface area (TPSA) is 104 Å². The van der Waals surface area contributed by atoms with Gasteiger partial charge in [-0.25, -0.2) is 4.79 Å². The molecule has 1 amide bonds. The van der Waals surface area contributed by atoms with Gasteiger partial charge in [0, 0.05) is 12.1 Å². The molecule has 0 N–H and O–H groups in total. The molecule has 12 heteroatoms. The second kappa shape index (κ2) is 10.3. The van der Waals surface area contributed by atoms with E-state index in [2.05, 4.69) is 4.98 Å². The summed E-state index contributed by atoms with van der Waals surface area (Å²) in [5.41, 5.74) is -1.20. The van der Waals surface area contributed by atoms with Crippen LogP contribution < -0.4 is 9.47 Å². The Hall–Kier alpha value is -3.05. The molecular formula is C19H25F3N2O7. The summed E-state index contributed by atoms with van der Waals surface area (Å²) in [7, 11) is 2.48. The minimum absolute atomic E-state index is 0.0419. The third-order valence-electron chi connectivity index (χ3n) is 3.58. The Kier molecular flexibility index (Phi) is 8.64. The van der Waals surface area contributed by atoms with Gasteiger partial charge in [0.05, 0.1) is 20.8 Å². The van der Waals surface area contributed by atoms with Crippen LogP contribution in [0.5, 0.6) is 11.8 Å². The molecule has 0 spiro atoms. The normalized spacial score (nSPS) is 12.5. The molecule has 0 aromatic carbocycles. The van der Waals surface area contributed by atoms with Crippen LogP contribution in [0.15, 0.2) is 12.1 Å². The predicted molar refractivity (Wildman–Crippen MR) is 100 cm³/mol. The van der Waals surface area contributed by atoms with Gasteiger partial charge in [0.25, 0.3) is 0 Å². The second-order valence-electron chi connectivity index (χ2n) is 7.16. The summed E-state index contributed by atoms with van der Waals surface area (Å²) in [6.07, 6.45) is -5.38. The van der Waals surface area contributed by atoms with Crippen LogP contribution >= 0.6 is 0 Å². The lowest BCUT2D eigenvalue weighted by Gasteiger charge is -2.31. The number of hydrogen-bond donors (Lipinski definition) is 0. The molecule has 0 aliphatic heterocycles. The number of amides is 1. The van der Waals surface area contributed by atoms with Gasteiger partial charge in [0.15, 0.2) is 6.04 Å². The highest BCUT2D eigenvalue weighted by molar-refractivity contribution is 5.91. The second-order valence-corrected chi connectivity index (χ2v) is 7.16. The average Bonchev–Trinajstić information content (AvgIpc) is 2.64. The van der Waals surface area contributed by atoms with Gasteiger partial charge in [-0.2, -0.15) is 18.2 Å². The van der Waals surface area contributed by atoms with Crippen LogP contribution in [0, 0.1) is 0 Å². The van der Waals surface area contributed by atoms with Gasteiger partial charge >= 0.3 is 24.0 Å². The number of carbonyl (C=O) groups excluding carboxylic acids is 3. The lowest BCUT2D eigenvalue weighted by atomic mass is 10.1. The Morgan fingerprint density at radius 3 is 1.97 bits per heavy atom. The number of hydrogen-bond acceptors (Lipinski definition) is 8. The molecule has 174 valence electrons. The molecule has 0 radical (unpaired) electrons. The van der Waals surface area contributed by atoms with E-state index in [-0.39, 0.29) is 28.8 Å². The number of ether oxygens (including phenoxy) is 4. The van der Waals surface area contributed by atoms with Crippen LogP contribution in [0.25, 0.3) is 0 Å². The van der Waals surface area contributed by atoms with Crippen molar-refractivity contribution in [1.29, 1.82) is 0 Å². The summed E-state index contributed by atoms with van der Waals surface area (Å²) in [5.74, 6) is -4.96. The first kappa shape index (κ1) is 26.0. The molecule has 9 nitrogen and oxygen atoms in total. The highest BCUT2D eigenvalue weighted by Crippen LogP contribution is 2.32. The van der Waals surface area contributed by atoms with Gasteiger partial charge in [0.2, 0.25) is 11.8 Å². The van der Waals surface area contributed by atoms with Crippen molar-refractivity contribution in [2.75, 3.05) is 27.4 Å². The summed E-state index contributed by atoms with van der Waals surface area (Å²) < 4.78 is 59.9. The van der Waals surface area contributed by atoms with Crippen LogP contribution in [0.3, 0.4) is 0 Å². The van der Waals surface area contributed by atoms with Crippen molar-refractivity contribution in [3.05, 3.63) is 17.7 Å². The van der Waals surface area contributed by atoms with E-state index >= 15 is 0 Å². The molecule has 0 aliphatic rings. The maximum atomic E-state index is 13.3. The molecule has 1 atom stereocenters. The summed E-state index contributed by atoms with van der Waals surface area (Å²) in [6.45, 7) is 4.60. The Morgan fingerprint density at radius 1 is 1.06 bits per heavy atom. The third-order valence-corrected chi connectivity index (χ3v) is 3.58. The van der Waals surface area contributed by atoms with Crippen LogP contribution in [0.1, 0.15) is 39.3 Å². The van der Waals surface area contributed by atoms with Crippen LogP contribution in [-0.4, -0.2) is 66.9 Å². The first-order chi connectivity index (χ1) is 14.2. The van der Waals surface area contributed by atoms with Crippen molar-refractivity contribution in [3.63, 3.8) is 0 Å². The number of nitrogens with zero attached hydrogens (tertiary/aromatic N) is 2. The third kappa shape index (κ3) is 7.61. The molecule has 1 rings (SSSR count).